The fraction of sp³-hybridized carbons (Fsp3) is 0.120. The van der Waals surface area contributed by atoms with Crippen LogP contribution in [0.1, 0.15) is 10.4 Å². The van der Waals surface area contributed by atoms with Gasteiger partial charge in [0, 0.05) is 33.9 Å². The molecule has 0 bridgehead atoms. The van der Waals surface area contributed by atoms with Gasteiger partial charge in [0.05, 0.1) is 20.8 Å². The number of anilines is 1. The standard InChI is InChI=1S/C25H23N3O4/c1-31-22-11-8-17(12-23(22)32-2)25(30)27-15-24(29)28-18-9-10-19-20(14-26-21(19)13-18)16-6-4-3-5-7-16/h3-14,26H,15H2,1-2H3,(H,27,30)(H,28,29). The highest BCUT2D eigenvalue weighted by atomic mass is 16.5. The normalized spacial score (nSPS) is 10.6. The number of carbonyl (C=O) groups is 2. The van der Waals surface area contributed by atoms with Crippen molar-refractivity contribution in [1.82, 2.24) is 10.3 Å². The summed E-state index contributed by atoms with van der Waals surface area (Å²) in [5.41, 5.74) is 4.14. The number of rotatable bonds is 7. The highest BCUT2D eigenvalue weighted by Gasteiger charge is 2.13. The Hall–Kier alpha value is -4.26. The molecule has 0 saturated heterocycles. The molecule has 0 radical (unpaired) electrons. The van der Waals surface area contributed by atoms with E-state index in [1.54, 1.807) is 18.2 Å². The molecule has 4 rings (SSSR count). The van der Waals surface area contributed by atoms with Gasteiger partial charge in [0.25, 0.3) is 5.91 Å². The molecule has 0 saturated carbocycles. The molecule has 0 aliphatic heterocycles. The summed E-state index contributed by atoms with van der Waals surface area (Å²) in [5, 5.41) is 6.49. The van der Waals surface area contributed by atoms with Crippen LogP contribution in [0.2, 0.25) is 0 Å². The highest BCUT2D eigenvalue weighted by Crippen LogP contribution is 2.30. The van der Waals surface area contributed by atoms with Crippen molar-refractivity contribution >= 4 is 28.4 Å². The van der Waals surface area contributed by atoms with E-state index in [4.69, 9.17) is 9.47 Å². The molecule has 7 nitrogen and oxygen atoms in total. The van der Waals surface area contributed by atoms with Gasteiger partial charge in [-0.2, -0.15) is 0 Å². The monoisotopic (exact) mass is 429 g/mol. The molecule has 0 aliphatic rings. The number of nitrogens with one attached hydrogen (secondary N) is 3. The third-order valence-corrected chi connectivity index (χ3v) is 5.11. The molecule has 4 aromatic rings. The first-order valence-electron chi connectivity index (χ1n) is 10.1. The van der Waals surface area contributed by atoms with Gasteiger partial charge in [0.15, 0.2) is 11.5 Å². The Morgan fingerprint density at radius 1 is 0.906 bits per heavy atom. The Labute approximate surface area is 185 Å². The summed E-state index contributed by atoms with van der Waals surface area (Å²) in [6.07, 6.45) is 1.95. The summed E-state index contributed by atoms with van der Waals surface area (Å²) in [6.45, 7) is -0.162. The van der Waals surface area contributed by atoms with Crippen LogP contribution >= 0.6 is 0 Å². The summed E-state index contributed by atoms with van der Waals surface area (Å²) in [6, 6.07) is 20.6. The van der Waals surface area contributed by atoms with Gasteiger partial charge in [-0.25, -0.2) is 0 Å². The minimum absolute atomic E-state index is 0.162. The number of hydrogen-bond acceptors (Lipinski definition) is 4. The average Bonchev–Trinajstić information content (AvgIpc) is 3.26. The largest absolute Gasteiger partial charge is 0.493 e. The van der Waals surface area contributed by atoms with Crippen LogP contribution in [0.15, 0.2) is 72.9 Å². The third kappa shape index (κ3) is 4.41. The Morgan fingerprint density at radius 3 is 2.44 bits per heavy atom. The maximum absolute atomic E-state index is 12.4. The lowest BCUT2D eigenvalue weighted by Crippen LogP contribution is -2.32. The molecule has 7 heteroatoms. The van der Waals surface area contributed by atoms with Crippen molar-refractivity contribution in [2.24, 2.45) is 0 Å². The van der Waals surface area contributed by atoms with Gasteiger partial charge in [-0.05, 0) is 35.9 Å². The van der Waals surface area contributed by atoms with Crippen molar-refractivity contribution in [2.45, 2.75) is 0 Å². The lowest BCUT2D eigenvalue weighted by atomic mass is 10.0. The molecular weight excluding hydrogens is 406 g/mol. The molecule has 32 heavy (non-hydrogen) atoms. The minimum Gasteiger partial charge on any atom is -0.493 e. The summed E-state index contributed by atoms with van der Waals surface area (Å²) in [7, 11) is 3.02. The third-order valence-electron chi connectivity index (χ3n) is 5.11. The fourth-order valence-corrected chi connectivity index (χ4v) is 3.51. The van der Waals surface area contributed by atoms with Gasteiger partial charge in [-0.15, -0.1) is 0 Å². The molecule has 0 aliphatic carbocycles. The van der Waals surface area contributed by atoms with E-state index in [0.29, 0.717) is 22.7 Å². The van der Waals surface area contributed by atoms with E-state index in [2.05, 4.69) is 27.8 Å². The second-order valence-corrected chi connectivity index (χ2v) is 7.13. The van der Waals surface area contributed by atoms with E-state index < -0.39 is 0 Å². The van der Waals surface area contributed by atoms with Crippen molar-refractivity contribution in [3.8, 4) is 22.6 Å². The van der Waals surface area contributed by atoms with Gasteiger partial charge in [0.2, 0.25) is 5.91 Å². The zero-order valence-electron chi connectivity index (χ0n) is 17.8. The molecule has 0 unspecified atom stereocenters. The average molecular weight is 429 g/mol. The van der Waals surface area contributed by atoms with Gasteiger partial charge in [-0.3, -0.25) is 9.59 Å². The smallest absolute Gasteiger partial charge is 0.251 e. The predicted octanol–water partition coefficient (Wildman–Crippen LogP) is 4.22. The van der Waals surface area contributed by atoms with Crippen molar-refractivity contribution in [2.75, 3.05) is 26.1 Å². The Morgan fingerprint density at radius 2 is 1.69 bits per heavy atom. The number of benzene rings is 3. The van der Waals surface area contributed by atoms with Crippen LogP contribution in [0.25, 0.3) is 22.0 Å². The van der Waals surface area contributed by atoms with Crippen LogP contribution in [0.5, 0.6) is 11.5 Å². The van der Waals surface area contributed by atoms with Crippen LogP contribution in [-0.4, -0.2) is 37.6 Å². The Bertz CT molecular complexity index is 1260. The van der Waals surface area contributed by atoms with Crippen molar-refractivity contribution in [3.05, 3.63) is 78.5 Å². The molecule has 0 spiro atoms. The first-order chi connectivity index (χ1) is 15.6. The number of fused-ring (bicyclic) bond motifs is 1. The molecule has 162 valence electrons. The minimum atomic E-state index is -0.381. The number of amides is 2. The summed E-state index contributed by atoms with van der Waals surface area (Å²) in [4.78, 5) is 28.0. The summed E-state index contributed by atoms with van der Waals surface area (Å²) < 4.78 is 10.4. The van der Waals surface area contributed by atoms with Crippen molar-refractivity contribution in [1.29, 1.82) is 0 Å². The van der Waals surface area contributed by atoms with Crippen molar-refractivity contribution < 1.29 is 19.1 Å². The van der Waals surface area contributed by atoms with E-state index >= 15 is 0 Å². The first-order valence-corrected chi connectivity index (χ1v) is 10.1. The second kappa shape index (κ2) is 9.26. The fourth-order valence-electron chi connectivity index (χ4n) is 3.51. The lowest BCUT2D eigenvalue weighted by Gasteiger charge is -2.10. The van der Waals surface area contributed by atoms with E-state index in [9.17, 15) is 9.59 Å². The van der Waals surface area contributed by atoms with E-state index in [-0.39, 0.29) is 18.4 Å². The van der Waals surface area contributed by atoms with Crippen molar-refractivity contribution in [3.63, 3.8) is 0 Å². The second-order valence-electron chi connectivity index (χ2n) is 7.13. The lowest BCUT2D eigenvalue weighted by molar-refractivity contribution is -0.115. The topological polar surface area (TPSA) is 92.5 Å². The van der Waals surface area contributed by atoms with Gasteiger partial charge in [-0.1, -0.05) is 36.4 Å². The highest BCUT2D eigenvalue weighted by molar-refractivity contribution is 6.02. The van der Waals surface area contributed by atoms with E-state index in [0.717, 1.165) is 22.0 Å². The number of hydrogen-bond donors (Lipinski definition) is 3. The number of H-pyrrole nitrogens is 1. The quantitative estimate of drug-likeness (QED) is 0.410. The Balaban J connectivity index is 1.39. The van der Waals surface area contributed by atoms with Gasteiger partial charge < -0.3 is 25.1 Å². The zero-order valence-corrected chi connectivity index (χ0v) is 17.8. The number of aromatic amines is 1. The molecule has 3 N–H and O–H groups in total. The van der Waals surface area contributed by atoms with Crippen LogP contribution in [0.4, 0.5) is 5.69 Å². The van der Waals surface area contributed by atoms with Crippen LogP contribution in [0, 0.1) is 0 Å². The number of carbonyl (C=O) groups excluding carboxylic acids is 2. The summed E-state index contributed by atoms with van der Waals surface area (Å²) >= 11 is 0. The van der Waals surface area contributed by atoms with Crippen LogP contribution in [-0.2, 0) is 4.79 Å². The van der Waals surface area contributed by atoms with Crippen LogP contribution < -0.4 is 20.1 Å². The summed E-state index contributed by atoms with van der Waals surface area (Å²) in [5.74, 6) is 0.261. The molecule has 0 fully saturated rings. The maximum Gasteiger partial charge on any atom is 0.251 e. The number of ether oxygens (including phenoxy) is 2. The zero-order chi connectivity index (χ0) is 22.5. The predicted molar refractivity (Wildman–Crippen MR) is 124 cm³/mol. The van der Waals surface area contributed by atoms with Gasteiger partial charge in [0.1, 0.15) is 0 Å². The number of aromatic nitrogens is 1. The van der Waals surface area contributed by atoms with Crippen LogP contribution in [0.3, 0.4) is 0 Å². The molecule has 0 atom stereocenters. The first kappa shape index (κ1) is 21.0. The molecular formula is C25H23N3O4. The number of methoxy groups -OCH3 is 2. The molecule has 1 aromatic heterocycles. The van der Waals surface area contributed by atoms with Gasteiger partial charge >= 0.3 is 0 Å². The van der Waals surface area contributed by atoms with E-state index in [1.165, 1.54) is 14.2 Å². The SMILES string of the molecule is COc1ccc(C(=O)NCC(=O)Nc2ccc3c(-c4ccccc4)c[nH]c3c2)cc1OC. The molecule has 1 heterocycles. The Kier molecular flexibility index (Phi) is 6.07. The van der Waals surface area contributed by atoms with E-state index in [1.807, 2.05) is 42.6 Å². The molecule has 3 aromatic carbocycles. The maximum atomic E-state index is 12.4. The molecule has 2 amide bonds.